The van der Waals surface area contributed by atoms with Gasteiger partial charge in [-0.1, -0.05) is 16.8 Å². The predicted octanol–water partition coefficient (Wildman–Crippen LogP) is 3.45. The Morgan fingerprint density at radius 2 is 1.92 bits per heavy atom. The maximum atomic E-state index is 12.4. The van der Waals surface area contributed by atoms with Crippen molar-refractivity contribution in [3.05, 3.63) is 53.6 Å². The van der Waals surface area contributed by atoms with E-state index in [0.717, 1.165) is 0 Å². The summed E-state index contributed by atoms with van der Waals surface area (Å²) < 4.78 is 36.1. The van der Waals surface area contributed by atoms with Gasteiger partial charge in [0, 0.05) is 18.5 Å². The van der Waals surface area contributed by atoms with E-state index in [0.29, 0.717) is 11.4 Å². The van der Waals surface area contributed by atoms with E-state index in [9.17, 15) is 8.78 Å². The van der Waals surface area contributed by atoms with Crippen LogP contribution in [0.3, 0.4) is 0 Å². The second-order valence-electron chi connectivity index (χ2n) is 4.87. The summed E-state index contributed by atoms with van der Waals surface area (Å²) in [6.07, 6.45) is 4.26. The first-order valence-electron chi connectivity index (χ1n) is 7.13. The minimum absolute atomic E-state index is 0.0716. The lowest BCUT2D eigenvalue weighted by molar-refractivity contribution is -0.0497. The molecule has 3 rings (SSSR count). The molecule has 1 aromatic carbocycles. The predicted molar refractivity (Wildman–Crippen MR) is 84.1 cm³/mol. The Morgan fingerprint density at radius 3 is 2.64 bits per heavy atom. The first kappa shape index (κ1) is 17.0. The van der Waals surface area contributed by atoms with E-state index in [-0.39, 0.29) is 16.8 Å². The van der Waals surface area contributed by atoms with Gasteiger partial charge >= 0.3 is 12.6 Å². The Kier molecular flexibility index (Phi) is 5.03. The van der Waals surface area contributed by atoms with E-state index in [2.05, 4.69) is 25.0 Å². The molecule has 2 heterocycles. The number of aromatic nitrogens is 5. The standard InChI is InChI=1S/C15H12ClF2N5O2/c1-9(24-15-19-5-2-6-20-15)12-8-23(22-21-12)10-3-4-11(16)13(7-10)25-14(17)18/h2-9,14H,1H3/t9-/m0/s1. The first-order valence-corrected chi connectivity index (χ1v) is 7.51. The van der Waals surface area contributed by atoms with E-state index in [4.69, 9.17) is 16.3 Å². The number of rotatable bonds is 6. The summed E-state index contributed by atoms with van der Waals surface area (Å²) in [6.45, 7) is -1.21. The van der Waals surface area contributed by atoms with Crippen LogP contribution < -0.4 is 9.47 Å². The SMILES string of the molecule is C[C@H](Oc1ncccn1)c1cn(-c2ccc(Cl)c(OC(F)F)c2)nn1. The third-order valence-corrected chi connectivity index (χ3v) is 3.46. The van der Waals surface area contributed by atoms with Crippen LogP contribution in [-0.2, 0) is 0 Å². The molecule has 7 nitrogen and oxygen atoms in total. The Labute approximate surface area is 146 Å². The molecular weight excluding hydrogens is 356 g/mol. The molecule has 0 aliphatic carbocycles. The number of nitrogens with zero attached hydrogens (tertiary/aromatic N) is 5. The van der Waals surface area contributed by atoms with Crippen molar-refractivity contribution in [3.8, 4) is 17.4 Å². The average molecular weight is 368 g/mol. The molecule has 130 valence electrons. The topological polar surface area (TPSA) is 75.0 Å². The monoisotopic (exact) mass is 367 g/mol. The number of ether oxygens (including phenoxy) is 2. The molecule has 0 aliphatic rings. The van der Waals surface area contributed by atoms with Crippen LogP contribution >= 0.6 is 11.6 Å². The highest BCUT2D eigenvalue weighted by molar-refractivity contribution is 6.32. The lowest BCUT2D eigenvalue weighted by Gasteiger charge is -2.09. The molecule has 1 atom stereocenters. The normalized spacial score (nSPS) is 12.2. The van der Waals surface area contributed by atoms with Crippen LogP contribution in [0.4, 0.5) is 8.78 Å². The van der Waals surface area contributed by atoms with Crippen molar-refractivity contribution in [2.45, 2.75) is 19.6 Å². The Bertz CT molecular complexity index is 847. The zero-order valence-electron chi connectivity index (χ0n) is 12.9. The summed E-state index contributed by atoms with van der Waals surface area (Å²) in [5, 5.41) is 8.04. The molecule has 0 fully saturated rings. The van der Waals surface area contributed by atoms with Gasteiger partial charge in [0.25, 0.3) is 0 Å². The zero-order valence-corrected chi connectivity index (χ0v) is 13.6. The third kappa shape index (κ3) is 4.18. The van der Waals surface area contributed by atoms with E-state index in [1.807, 2.05) is 0 Å². The van der Waals surface area contributed by atoms with Crippen molar-refractivity contribution >= 4 is 11.6 Å². The third-order valence-electron chi connectivity index (χ3n) is 3.15. The minimum Gasteiger partial charge on any atom is -0.454 e. The van der Waals surface area contributed by atoms with Gasteiger partial charge in [-0.25, -0.2) is 14.6 Å². The molecule has 0 bridgehead atoms. The molecule has 0 unspecified atom stereocenters. The number of alkyl halides is 2. The van der Waals surface area contributed by atoms with Gasteiger partial charge in [-0.3, -0.25) is 0 Å². The van der Waals surface area contributed by atoms with Gasteiger partial charge in [-0.05, 0) is 25.1 Å². The molecule has 0 amide bonds. The highest BCUT2D eigenvalue weighted by atomic mass is 35.5. The molecule has 0 radical (unpaired) electrons. The van der Waals surface area contributed by atoms with Gasteiger partial charge in [-0.2, -0.15) is 8.78 Å². The Balaban J connectivity index is 1.79. The molecule has 0 spiro atoms. The van der Waals surface area contributed by atoms with Gasteiger partial charge in [0.15, 0.2) is 0 Å². The summed E-state index contributed by atoms with van der Waals surface area (Å²) in [5.41, 5.74) is 0.973. The van der Waals surface area contributed by atoms with Crippen molar-refractivity contribution < 1.29 is 18.3 Å². The molecule has 3 aromatic rings. The van der Waals surface area contributed by atoms with Crippen LogP contribution in [0, 0.1) is 0 Å². The van der Waals surface area contributed by atoms with Crippen molar-refractivity contribution in [2.75, 3.05) is 0 Å². The molecule has 25 heavy (non-hydrogen) atoms. The molecular formula is C15H12ClF2N5O2. The van der Waals surface area contributed by atoms with E-state index < -0.39 is 12.7 Å². The smallest absolute Gasteiger partial charge is 0.387 e. The largest absolute Gasteiger partial charge is 0.454 e. The van der Waals surface area contributed by atoms with Gasteiger partial charge in [0.1, 0.15) is 17.5 Å². The van der Waals surface area contributed by atoms with Gasteiger partial charge in [0.05, 0.1) is 16.9 Å². The van der Waals surface area contributed by atoms with Gasteiger partial charge < -0.3 is 9.47 Å². The van der Waals surface area contributed by atoms with Gasteiger partial charge in [0.2, 0.25) is 0 Å². The quantitative estimate of drug-likeness (QED) is 0.664. The fourth-order valence-corrected chi connectivity index (χ4v) is 2.14. The molecule has 0 aliphatic heterocycles. The van der Waals surface area contributed by atoms with E-state index in [1.54, 1.807) is 37.6 Å². The molecule has 2 aromatic heterocycles. The van der Waals surface area contributed by atoms with Crippen LogP contribution in [0.15, 0.2) is 42.9 Å². The lowest BCUT2D eigenvalue weighted by atomic mass is 10.3. The lowest BCUT2D eigenvalue weighted by Crippen LogP contribution is -2.06. The molecule has 0 N–H and O–H groups in total. The summed E-state index contributed by atoms with van der Waals surface area (Å²) in [7, 11) is 0. The fourth-order valence-electron chi connectivity index (χ4n) is 1.97. The Morgan fingerprint density at radius 1 is 1.16 bits per heavy atom. The van der Waals surface area contributed by atoms with Crippen LogP contribution in [0.5, 0.6) is 11.8 Å². The van der Waals surface area contributed by atoms with Crippen molar-refractivity contribution in [1.82, 2.24) is 25.0 Å². The van der Waals surface area contributed by atoms with Crippen molar-refractivity contribution in [1.29, 1.82) is 0 Å². The van der Waals surface area contributed by atoms with Gasteiger partial charge in [-0.15, -0.1) is 5.10 Å². The number of hydrogen-bond acceptors (Lipinski definition) is 6. The Hall–Kier alpha value is -2.81. The summed E-state index contributed by atoms with van der Waals surface area (Å²) >= 11 is 5.84. The van der Waals surface area contributed by atoms with Crippen LogP contribution in [0.2, 0.25) is 5.02 Å². The highest BCUT2D eigenvalue weighted by Gasteiger charge is 2.15. The molecule has 0 saturated carbocycles. The highest BCUT2D eigenvalue weighted by Crippen LogP contribution is 2.28. The first-order chi connectivity index (χ1) is 12.0. The van der Waals surface area contributed by atoms with Crippen molar-refractivity contribution in [2.24, 2.45) is 0 Å². The summed E-state index contributed by atoms with van der Waals surface area (Å²) in [5.74, 6) is -0.145. The maximum Gasteiger partial charge on any atom is 0.387 e. The van der Waals surface area contributed by atoms with Crippen LogP contribution in [0.1, 0.15) is 18.7 Å². The maximum absolute atomic E-state index is 12.4. The molecule has 0 saturated heterocycles. The van der Waals surface area contributed by atoms with Crippen LogP contribution in [-0.4, -0.2) is 31.6 Å². The fraction of sp³-hybridized carbons (Fsp3) is 0.200. The summed E-state index contributed by atoms with van der Waals surface area (Å²) in [4.78, 5) is 7.94. The zero-order chi connectivity index (χ0) is 17.8. The van der Waals surface area contributed by atoms with Crippen LogP contribution in [0.25, 0.3) is 5.69 Å². The minimum atomic E-state index is -2.97. The molecule has 10 heteroatoms. The van der Waals surface area contributed by atoms with Crippen molar-refractivity contribution in [3.63, 3.8) is 0 Å². The number of benzene rings is 1. The second kappa shape index (κ2) is 7.39. The average Bonchev–Trinajstić information content (AvgIpc) is 3.07. The number of hydrogen-bond donors (Lipinski definition) is 0. The van der Waals surface area contributed by atoms with E-state index in [1.165, 1.54) is 16.8 Å². The second-order valence-corrected chi connectivity index (χ2v) is 5.28. The summed E-state index contributed by atoms with van der Waals surface area (Å²) in [6, 6.07) is 6.27. The number of halogens is 3. The van der Waals surface area contributed by atoms with E-state index >= 15 is 0 Å².